The number of rotatable bonds is 6. The Balaban J connectivity index is 2.11. The SMILES string of the molecule is O=C(N[C@@H](CO)C(=O)O)c1c(O)c2cccnc2n(Cc2ccc(C(F)(F)F)cc2)c1=O. The van der Waals surface area contributed by atoms with Gasteiger partial charge in [-0.2, -0.15) is 13.2 Å². The van der Waals surface area contributed by atoms with Gasteiger partial charge in [-0.1, -0.05) is 12.1 Å². The molecule has 0 bridgehead atoms. The lowest BCUT2D eigenvalue weighted by Crippen LogP contribution is -2.45. The number of nitrogens with one attached hydrogen (secondary N) is 1. The third-order valence-electron chi connectivity index (χ3n) is 4.63. The molecule has 0 saturated carbocycles. The number of aromatic nitrogens is 2. The molecule has 168 valence electrons. The second-order valence-electron chi connectivity index (χ2n) is 6.73. The van der Waals surface area contributed by atoms with Crippen molar-refractivity contribution in [3.05, 3.63) is 69.6 Å². The summed E-state index contributed by atoms with van der Waals surface area (Å²) in [6.45, 7) is -1.25. The standard InChI is InChI=1S/C20H16F3N3O6/c21-20(22,23)11-5-3-10(4-6-11)8-26-16-12(2-1-7-24-16)15(28)14(18(26)30)17(29)25-13(9-27)19(31)32/h1-7,13,27-28H,8-9H2,(H,25,29)(H,31,32)/t13-/m0/s1. The molecule has 1 atom stereocenters. The Labute approximate surface area is 177 Å². The molecule has 2 heterocycles. The van der Waals surface area contributed by atoms with Crippen LogP contribution in [0, 0.1) is 0 Å². The fraction of sp³-hybridized carbons (Fsp3) is 0.200. The molecular weight excluding hydrogens is 435 g/mol. The van der Waals surface area contributed by atoms with Crippen molar-refractivity contribution in [1.29, 1.82) is 0 Å². The number of aliphatic hydroxyl groups is 1. The first kappa shape index (κ1) is 22.7. The Morgan fingerprint density at radius 2 is 1.81 bits per heavy atom. The number of carboxylic acids is 1. The van der Waals surface area contributed by atoms with E-state index in [0.29, 0.717) is 0 Å². The van der Waals surface area contributed by atoms with Crippen molar-refractivity contribution >= 4 is 22.9 Å². The second-order valence-corrected chi connectivity index (χ2v) is 6.73. The Morgan fingerprint density at radius 3 is 2.38 bits per heavy atom. The number of aliphatic hydroxyl groups excluding tert-OH is 1. The van der Waals surface area contributed by atoms with Crippen LogP contribution in [0.3, 0.4) is 0 Å². The van der Waals surface area contributed by atoms with Gasteiger partial charge in [0, 0.05) is 6.20 Å². The van der Waals surface area contributed by atoms with Crippen LogP contribution in [-0.4, -0.2) is 49.4 Å². The van der Waals surface area contributed by atoms with Gasteiger partial charge < -0.3 is 20.6 Å². The predicted molar refractivity (Wildman–Crippen MR) is 104 cm³/mol. The average Bonchev–Trinajstić information content (AvgIpc) is 2.74. The number of alkyl halides is 3. The van der Waals surface area contributed by atoms with Crippen molar-refractivity contribution in [2.75, 3.05) is 6.61 Å². The Bertz CT molecular complexity index is 1240. The second kappa shape index (κ2) is 8.67. The van der Waals surface area contributed by atoms with E-state index in [0.717, 1.165) is 28.8 Å². The van der Waals surface area contributed by atoms with Crippen LogP contribution in [0.2, 0.25) is 0 Å². The normalized spacial score (nSPS) is 12.5. The van der Waals surface area contributed by atoms with Crippen molar-refractivity contribution in [1.82, 2.24) is 14.9 Å². The fourth-order valence-corrected chi connectivity index (χ4v) is 3.01. The molecule has 0 aliphatic carbocycles. The number of carbonyl (C=O) groups excluding carboxylic acids is 1. The van der Waals surface area contributed by atoms with E-state index in [-0.39, 0.29) is 23.1 Å². The Hall–Kier alpha value is -3.93. The smallest absolute Gasteiger partial charge is 0.416 e. The number of hydrogen-bond donors (Lipinski definition) is 4. The van der Waals surface area contributed by atoms with Gasteiger partial charge in [-0.05, 0) is 29.8 Å². The number of benzene rings is 1. The summed E-state index contributed by atoms with van der Waals surface area (Å²) in [5.41, 5.74) is -2.48. The third-order valence-corrected chi connectivity index (χ3v) is 4.63. The Morgan fingerprint density at radius 1 is 1.16 bits per heavy atom. The molecule has 0 aliphatic heterocycles. The molecule has 0 unspecified atom stereocenters. The van der Waals surface area contributed by atoms with Crippen LogP contribution < -0.4 is 10.9 Å². The zero-order valence-corrected chi connectivity index (χ0v) is 16.1. The third kappa shape index (κ3) is 4.39. The van der Waals surface area contributed by atoms with Gasteiger partial charge >= 0.3 is 12.1 Å². The van der Waals surface area contributed by atoms with E-state index in [4.69, 9.17) is 10.2 Å². The van der Waals surface area contributed by atoms with Crippen LogP contribution in [0.1, 0.15) is 21.5 Å². The maximum atomic E-state index is 13.0. The van der Waals surface area contributed by atoms with Gasteiger partial charge in [0.25, 0.3) is 11.5 Å². The van der Waals surface area contributed by atoms with E-state index in [1.165, 1.54) is 18.3 Å². The number of fused-ring (bicyclic) bond motifs is 1. The molecule has 0 radical (unpaired) electrons. The van der Waals surface area contributed by atoms with Crippen molar-refractivity contribution < 1.29 is 38.1 Å². The minimum absolute atomic E-state index is 0.0139. The van der Waals surface area contributed by atoms with Crippen LogP contribution in [-0.2, 0) is 17.5 Å². The number of aromatic hydroxyl groups is 1. The van der Waals surface area contributed by atoms with Gasteiger partial charge in [0.2, 0.25) is 0 Å². The van der Waals surface area contributed by atoms with E-state index in [9.17, 15) is 32.7 Å². The summed E-state index contributed by atoms with van der Waals surface area (Å²) < 4.78 is 39.4. The lowest BCUT2D eigenvalue weighted by molar-refractivity contribution is -0.140. The molecule has 1 amide bonds. The summed E-state index contributed by atoms with van der Waals surface area (Å²) in [6, 6.07) is 5.04. The van der Waals surface area contributed by atoms with Crippen LogP contribution in [0.5, 0.6) is 5.75 Å². The summed E-state index contributed by atoms with van der Waals surface area (Å²) in [4.78, 5) is 40.7. The average molecular weight is 451 g/mol. The molecule has 0 spiro atoms. The topological polar surface area (TPSA) is 142 Å². The summed E-state index contributed by atoms with van der Waals surface area (Å²) >= 11 is 0. The monoisotopic (exact) mass is 451 g/mol. The summed E-state index contributed by atoms with van der Waals surface area (Å²) in [5.74, 6) is -3.56. The van der Waals surface area contributed by atoms with Gasteiger partial charge in [-0.15, -0.1) is 0 Å². The largest absolute Gasteiger partial charge is 0.506 e. The molecule has 32 heavy (non-hydrogen) atoms. The fourth-order valence-electron chi connectivity index (χ4n) is 3.01. The van der Waals surface area contributed by atoms with Crippen molar-refractivity contribution in [3.8, 4) is 5.75 Å². The molecule has 9 nitrogen and oxygen atoms in total. The Kier molecular flexibility index (Phi) is 6.16. The number of carboxylic acid groups (broad SMARTS) is 1. The van der Waals surface area contributed by atoms with E-state index in [1.54, 1.807) is 0 Å². The van der Waals surface area contributed by atoms with Crippen LogP contribution in [0.25, 0.3) is 11.0 Å². The number of amides is 1. The molecule has 3 aromatic rings. The summed E-state index contributed by atoms with van der Waals surface area (Å²) in [5, 5.41) is 30.5. The van der Waals surface area contributed by atoms with Gasteiger partial charge in [0.15, 0.2) is 6.04 Å². The van der Waals surface area contributed by atoms with E-state index in [2.05, 4.69) is 4.98 Å². The predicted octanol–water partition coefficient (Wildman–Crippen LogP) is 1.34. The molecule has 0 fully saturated rings. The first-order valence-electron chi connectivity index (χ1n) is 9.05. The first-order valence-corrected chi connectivity index (χ1v) is 9.05. The van der Waals surface area contributed by atoms with Gasteiger partial charge in [0.1, 0.15) is 17.0 Å². The molecule has 2 aromatic heterocycles. The molecule has 12 heteroatoms. The zero-order chi connectivity index (χ0) is 23.6. The van der Waals surface area contributed by atoms with Crippen molar-refractivity contribution in [2.24, 2.45) is 0 Å². The molecule has 3 rings (SSSR count). The maximum absolute atomic E-state index is 13.0. The maximum Gasteiger partial charge on any atom is 0.416 e. The van der Waals surface area contributed by atoms with E-state index in [1.807, 2.05) is 5.32 Å². The lowest BCUT2D eigenvalue weighted by atomic mass is 10.1. The zero-order valence-electron chi connectivity index (χ0n) is 16.1. The molecular formula is C20H16F3N3O6. The van der Waals surface area contributed by atoms with E-state index >= 15 is 0 Å². The summed E-state index contributed by atoms with van der Waals surface area (Å²) in [6.07, 6.45) is -3.22. The van der Waals surface area contributed by atoms with E-state index < -0.39 is 53.1 Å². The number of nitrogens with zero attached hydrogens (tertiary/aromatic N) is 2. The minimum Gasteiger partial charge on any atom is -0.506 e. The molecule has 1 aromatic carbocycles. The molecule has 4 N–H and O–H groups in total. The van der Waals surface area contributed by atoms with Crippen molar-refractivity contribution in [2.45, 2.75) is 18.8 Å². The molecule has 0 saturated heterocycles. The highest BCUT2D eigenvalue weighted by Crippen LogP contribution is 2.29. The first-order chi connectivity index (χ1) is 15.0. The number of aliphatic carboxylic acids is 1. The highest BCUT2D eigenvalue weighted by Gasteiger charge is 2.30. The quantitative estimate of drug-likeness (QED) is 0.443. The van der Waals surface area contributed by atoms with Crippen molar-refractivity contribution in [3.63, 3.8) is 0 Å². The molecule has 0 aliphatic rings. The number of hydrogen-bond acceptors (Lipinski definition) is 6. The lowest BCUT2D eigenvalue weighted by Gasteiger charge is -2.16. The number of halogens is 3. The summed E-state index contributed by atoms with van der Waals surface area (Å²) in [7, 11) is 0. The van der Waals surface area contributed by atoms with Gasteiger partial charge in [0.05, 0.1) is 24.1 Å². The number of pyridine rings is 2. The van der Waals surface area contributed by atoms with Crippen LogP contribution in [0.15, 0.2) is 47.4 Å². The van der Waals surface area contributed by atoms with Crippen LogP contribution in [0.4, 0.5) is 13.2 Å². The van der Waals surface area contributed by atoms with Crippen LogP contribution >= 0.6 is 0 Å². The minimum atomic E-state index is -4.54. The highest BCUT2D eigenvalue weighted by atomic mass is 19.4. The van der Waals surface area contributed by atoms with Gasteiger partial charge in [-0.25, -0.2) is 9.78 Å². The van der Waals surface area contributed by atoms with Gasteiger partial charge in [-0.3, -0.25) is 14.2 Å². The highest BCUT2D eigenvalue weighted by molar-refractivity contribution is 6.03. The number of carbonyl (C=O) groups is 2.